The van der Waals surface area contributed by atoms with Crippen molar-refractivity contribution in [2.45, 2.75) is 104 Å². The number of likely N-dealkylation sites (tertiary alicyclic amines) is 1. The number of aromatic nitrogens is 4. The van der Waals surface area contributed by atoms with Gasteiger partial charge in [0.25, 0.3) is 0 Å². The van der Waals surface area contributed by atoms with Gasteiger partial charge in [0.05, 0.1) is 37.1 Å². The Morgan fingerprint density at radius 3 is 2.34 bits per heavy atom. The number of esters is 1. The minimum absolute atomic E-state index is 0.0756. The highest BCUT2D eigenvalue weighted by molar-refractivity contribution is 6.74. The first kappa shape index (κ1) is 40.6. The third-order valence-electron chi connectivity index (χ3n) is 10.3. The molecule has 53 heavy (non-hydrogen) atoms. The molecular formula is C38H53ClFN7O5Si. The number of amides is 1. The van der Waals surface area contributed by atoms with E-state index in [1.54, 1.807) is 12.1 Å². The van der Waals surface area contributed by atoms with Crippen LogP contribution in [0.5, 0.6) is 0 Å². The third-order valence-corrected chi connectivity index (χ3v) is 15.0. The standard InChI is InChI=1S/C38H53ClFN7O5Si/c1-37(2,3)52-36(49)24-11-13-47(14-12-24)27-17-25(18-27)35(48)44-34-21-33(41-23-42-34)43-31-20-30(28-19-26(39)9-10-29(28)40)45-46-32(31)22-50-15-16-51-53(7,8)38(4,5)6/h9-10,19-21,23-25,27H,11-18,22H2,1-8H3,(H2,41,42,43,44,45,48). The lowest BCUT2D eigenvalue weighted by atomic mass is 9.77. The van der Waals surface area contributed by atoms with Gasteiger partial charge in [0.15, 0.2) is 8.32 Å². The average Bonchev–Trinajstić information content (AvgIpc) is 3.05. The summed E-state index contributed by atoms with van der Waals surface area (Å²) in [5.74, 6) is -0.193. The van der Waals surface area contributed by atoms with Crippen LogP contribution in [-0.2, 0) is 30.1 Å². The Labute approximate surface area is 318 Å². The molecule has 2 N–H and O–H groups in total. The molecule has 12 nitrogen and oxygen atoms in total. The number of ether oxygens (including phenoxy) is 2. The summed E-state index contributed by atoms with van der Waals surface area (Å²) in [5.41, 5.74) is 0.954. The van der Waals surface area contributed by atoms with E-state index < -0.39 is 19.7 Å². The van der Waals surface area contributed by atoms with Crippen molar-refractivity contribution in [3.8, 4) is 11.3 Å². The fourth-order valence-corrected chi connectivity index (χ4v) is 7.24. The molecule has 0 unspecified atom stereocenters. The Morgan fingerprint density at radius 2 is 1.66 bits per heavy atom. The zero-order valence-corrected chi connectivity index (χ0v) is 33.8. The van der Waals surface area contributed by atoms with Gasteiger partial charge in [0, 0.05) is 28.6 Å². The largest absolute Gasteiger partial charge is 0.460 e. The molecule has 1 amide bonds. The third kappa shape index (κ3) is 11.0. The molecule has 0 bridgehead atoms. The molecule has 0 atom stereocenters. The molecule has 5 rings (SSSR count). The second kappa shape index (κ2) is 16.8. The second-order valence-corrected chi connectivity index (χ2v) is 21.7. The quantitative estimate of drug-likeness (QED) is 0.100. The van der Waals surface area contributed by atoms with E-state index in [0.29, 0.717) is 47.3 Å². The van der Waals surface area contributed by atoms with Gasteiger partial charge in [-0.15, -0.1) is 5.10 Å². The van der Waals surface area contributed by atoms with Crippen LogP contribution in [0.15, 0.2) is 36.7 Å². The van der Waals surface area contributed by atoms with E-state index in [1.807, 2.05) is 20.8 Å². The van der Waals surface area contributed by atoms with Gasteiger partial charge in [-0.25, -0.2) is 14.4 Å². The van der Waals surface area contributed by atoms with Crippen molar-refractivity contribution in [2.24, 2.45) is 11.8 Å². The maximum Gasteiger partial charge on any atom is 0.309 e. The predicted octanol–water partition coefficient (Wildman–Crippen LogP) is 7.78. The molecule has 15 heteroatoms. The lowest BCUT2D eigenvalue weighted by molar-refractivity contribution is -0.162. The number of hydrogen-bond donors (Lipinski definition) is 2. The summed E-state index contributed by atoms with van der Waals surface area (Å²) in [6.45, 7) is 19.2. The molecule has 288 valence electrons. The van der Waals surface area contributed by atoms with Gasteiger partial charge in [-0.05, 0) is 102 Å². The number of anilines is 3. The van der Waals surface area contributed by atoms with E-state index in [4.69, 9.17) is 25.5 Å². The van der Waals surface area contributed by atoms with E-state index in [0.717, 1.165) is 38.8 Å². The van der Waals surface area contributed by atoms with Gasteiger partial charge in [-0.3, -0.25) is 9.59 Å². The second-order valence-electron chi connectivity index (χ2n) is 16.4. The number of carbonyl (C=O) groups excluding carboxylic acids is 2. The van der Waals surface area contributed by atoms with Crippen molar-refractivity contribution in [3.63, 3.8) is 0 Å². The monoisotopic (exact) mass is 769 g/mol. The van der Waals surface area contributed by atoms with Crippen LogP contribution in [0.2, 0.25) is 23.2 Å². The summed E-state index contributed by atoms with van der Waals surface area (Å²) in [7, 11) is -1.93. The highest BCUT2D eigenvalue weighted by Gasteiger charge is 2.40. The van der Waals surface area contributed by atoms with Crippen LogP contribution in [0, 0.1) is 17.7 Å². The molecule has 1 aliphatic carbocycles. The van der Waals surface area contributed by atoms with Crippen molar-refractivity contribution in [2.75, 3.05) is 36.9 Å². The Morgan fingerprint density at radius 1 is 0.962 bits per heavy atom. The van der Waals surface area contributed by atoms with Gasteiger partial charge < -0.3 is 29.4 Å². The molecular weight excluding hydrogens is 717 g/mol. The Kier molecular flexibility index (Phi) is 12.9. The van der Waals surface area contributed by atoms with Crippen molar-refractivity contribution in [3.05, 3.63) is 53.2 Å². The van der Waals surface area contributed by atoms with E-state index in [1.165, 1.54) is 24.5 Å². The number of halogens is 2. The van der Waals surface area contributed by atoms with Gasteiger partial charge in [0.2, 0.25) is 5.91 Å². The molecule has 1 aromatic carbocycles. The number of nitrogens with one attached hydrogen (secondary N) is 2. The Balaban J connectivity index is 1.19. The summed E-state index contributed by atoms with van der Waals surface area (Å²) in [5, 5.41) is 15.3. The van der Waals surface area contributed by atoms with Crippen LogP contribution in [0.3, 0.4) is 0 Å². The normalized spacial score (nSPS) is 18.7. The van der Waals surface area contributed by atoms with Crippen molar-refractivity contribution >= 4 is 49.1 Å². The van der Waals surface area contributed by atoms with Crippen molar-refractivity contribution < 1.29 is 27.9 Å². The fraction of sp³-hybridized carbons (Fsp3) is 0.579. The van der Waals surface area contributed by atoms with Crippen molar-refractivity contribution in [1.29, 1.82) is 0 Å². The Hall–Kier alpha value is -3.56. The van der Waals surface area contributed by atoms with Gasteiger partial charge in [0.1, 0.15) is 35.1 Å². The van der Waals surface area contributed by atoms with Crippen LogP contribution >= 0.6 is 11.6 Å². The fourth-order valence-electron chi connectivity index (χ4n) is 6.04. The average molecular weight is 770 g/mol. The minimum atomic E-state index is -1.93. The van der Waals surface area contributed by atoms with Gasteiger partial charge in [-0.1, -0.05) is 32.4 Å². The summed E-state index contributed by atoms with van der Waals surface area (Å²) in [6, 6.07) is 7.85. The molecule has 2 aliphatic rings. The highest BCUT2D eigenvalue weighted by Crippen LogP contribution is 2.37. The lowest BCUT2D eigenvalue weighted by Crippen LogP contribution is -2.51. The van der Waals surface area contributed by atoms with Crippen LogP contribution in [-0.4, -0.2) is 83.2 Å². The molecule has 2 fully saturated rings. The number of nitrogens with zero attached hydrogens (tertiary/aromatic N) is 5. The van der Waals surface area contributed by atoms with Crippen LogP contribution in [0.4, 0.5) is 21.7 Å². The number of hydrogen-bond acceptors (Lipinski definition) is 11. The molecule has 0 spiro atoms. The van der Waals surface area contributed by atoms with Crippen molar-refractivity contribution in [1.82, 2.24) is 25.1 Å². The smallest absolute Gasteiger partial charge is 0.309 e. The molecule has 2 aromatic heterocycles. The maximum absolute atomic E-state index is 14.8. The molecule has 0 radical (unpaired) electrons. The SMILES string of the molecule is CC(C)(C)OC(=O)C1CCN(C2CC(C(=O)Nc3cc(Nc4cc(-c5cc(Cl)ccc5F)nnc4COCCO[Si](C)(C)C(C)(C)C)ncn3)C2)CC1. The number of rotatable bonds is 13. The van der Waals surface area contributed by atoms with Gasteiger partial charge >= 0.3 is 5.97 Å². The van der Waals surface area contributed by atoms with E-state index in [9.17, 15) is 14.0 Å². The zero-order chi connectivity index (χ0) is 38.6. The highest BCUT2D eigenvalue weighted by atomic mass is 35.5. The summed E-state index contributed by atoms with van der Waals surface area (Å²) >= 11 is 6.17. The molecule has 1 saturated carbocycles. The molecule has 1 saturated heterocycles. The van der Waals surface area contributed by atoms with E-state index in [-0.39, 0.29) is 46.6 Å². The first-order valence-electron chi connectivity index (χ1n) is 18.3. The van der Waals surface area contributed by atoms with Gasteiger partial charge in [-0.2, -0.15) is 5.10 Å². The first-order chi connectivity index (χ1) is 24.9. The predicted molar refractivity (Wildman–Crippen MR) is 206 cm³/mol. The molecule has 1 aliphatic heterocycles. The lowest BCUT2D eigenvalue weighted by Gasteiger charge is -2.44. The summed E-state index contributed by atoms with van der Waals surface area (Å²) in [4.78, 5) is 36.7. The van der Waals surface area contributed by atoms with E-state index >= 15 is 0 Å². The number of carbonyl (C=O) groups is 2. The number of benzene rings is 1. The maximum atomic E-state index is 14.8. The van der Waals surface area contributed by atoms with E-state index in [2.05, 4.69) is 69.6 Å². The van der Waals surface area contributed by atoms with Crippen LogP contribution in [0.1, 0.15) is 72.9 Å². The first-order valence-corrected chi connectivity index (χ1v) is 21.6. The molecule has 3 aromatic rings. The summed E-state index contributed by atoms with van der Waals surface area (Å²) in [6.07, 6.45) is 4.38. The topological polar surface area (TPSA) is 141 Å². The van der Waals surface area contributed by atoms with Crippen LogP contribution in [0.25, 0.3) is 11.3 Å². The molecule has 3 heterocycles. The Bertz CT molecular complexity index is 1760. The zero-order valence-electron chi connectivity index (χ0n) is 32.1. The summed E-state index contributed by atoms with van der Waals surface area (Å²) < 4.78 is 32.6. The van der Waals surface area contributed by atoms with Crippen LogP contribution < -0.4 is 10.6 Å². The number of piperidine rings is 1. The minimum Gasteiger partial charge on any atom is -0.460 e.